The van der Waals surface area contributed by atoms with Crippen molar-refractivity contribution in [1.29, 1.82) is 0 Å². The lowest BCUT2D eigenvalue weighted by Crippen LogP contribution is -2.15. The maximum absolute atomic E-state index is 13.4. The second kappa shape index (κ2) is 8.81. The second-order valence-electron chi connectivity index (χ2n) is 6.82. The zero-order chi connectivity index (χ0) is 22.8. The molecule has 0 spiro atoms. The van der Waals surface area contributed by atoms with Crippen molar-refractivity contribution < 1.29 is 14.5 Å². The summed E-state index contributed by atoms with van der Waals surface area (Å²) in [7, 11) is 0. The number of hydrogen-bond donors (Lipinski definition) is 2. The fourth-order valence-corrected chi connectivity index (χ4v) is 4.44. The Bertz CT molecular complexity index is 1320. The molecule has 10 heteroatoms. The van der Waals surface area contributed by atoms with Gasteiger partial charge in [0.2, 0.25) is 5.91 Å². The summed E-state index contributed by atoms with van der Waals surface area (Å²) in [6.07, 6.45) is 0. The highest BCUT2D eigenvalue weighted by atomic mass is 35.5. The molecule has 0 aliphatic rings. The Labute approximate surface area is 190 Å². The molecule has 1 amide bonds. The smallest absolute Gasteiger partial charge is 0.275 e. The molecule has 1 unspecified atom stereocenters. The number of aromatic amines is 1. The molecule has 1 heterocycles. The van der Waals surface area contributed by atoms with E-state index in [0.717, 1.165) is 23.3 Å². The molecule has 0 radical (unpaired) electrons. The number of nitro groups is 1. The van der Waals surface area contributed by atoms with Gasteiger partial charge in [-0.3, -0.25) is 19.7 Å². The molecule has 1 atom stereocenters. The highest BCUT2D eigenvalue weighted by molar-refractivity contribution is 8.00. The summed E-state index contributed by atoms with van der Waals surface area (Å²) in [6.45, 7) is 0. The van der Waals surface area contributed by atoms with Crippen LogP contribution in [0.3, 0.4) is 0 Å². The number of halogens is 1. The molecule has 160 valence electrons. The van der Waals surface area contributed by atoms with Crippen LogP contribution in [0.25, 0.3) is 11.0 Å². The van der Waals surface area contributed by atoms with Gasteiger partial charge in [0.25, 0.3) is 5.69 Å². The zero-order valence-corrected chi connectivity index (χ0v) is 17.9. The summed E-state index contributed by atoms with van der Waals surface area (Å²) < 4.78 is 0. The first-order chi connectivity index (χ1) is 15.3. The van der Waals surface area contributed by atoms with Gasteiger partial charge in [-0.2, -0.15) is 0 Å². The Kier molecular flexibility index (Phi) is 5.93. The van der Waals surface area contributed by atoms with Crippen LogP contribution in [0.1, 0.15) is 31.5 Å². The molecule has 3 N–H and O–H groups in total. The minimum atomic E-state index is -1.01. The lowest BCUT2D eigenvalue weighted by Gasteiger charge is -2.15. The fraction of sp³-hybridized carbons (Fsp3) is 0.0455. The molecular formula is C22H15ClN4O4S. The summed E-state index contributed by atoms with van der Waals surface area (Å²) in [5.41, 5.74) is 6.81. The van der Waals surface area contributed by atoms with E-state index in [0.29, 0.717) is 21.3 Å². The maximum Gasteiger partial charge on any atom is 0.275 e. The second-order valence-corrected chi connectivity index (χ2v) is 8.35. The number of ketones is 1. The van der Waals surface area contributed by atoms with E-state index in [-0.39, 0.29) is 22.6 Å². The number of carbonyl (C=O) groups is 2. The van der Waals surface area contributed by atoms with Gasteiger partial charge >= 0.3 is 0 Å². The molecule has 0 fully saturated rings. The van der Waals surface area contributed by atoms with Crippen molar-refractivity contribution in [3.63, 3.8) is 0 Å². The quantitative estimate of drug-likeness (QED) is 0.171. The van der Waals surface area contributed by atoms with Crippen molar-refractivity contribution in [2.75, 3.05) is 0 Å². The van der Waals surface area contributed by atoms with Crippen LogP contribution in [-0.4, -0.2) is 26.6 Å². The molecule has 0 saturated carbocycles. The van der Waals surface area contributed by atoms with Crippen molar-refractivity contribution in [1.82, 2.24) is 9.97 Å². The van der Waals surface area contributed by atoms with Crippen LogP contribution in [0.4, 0.5) is 5.69 Å². The van der Waals surface area contributed by atoms with E-state index in [9.17, 15) is 19.7 Å². The van der Waals surface area contributed by atoms with E-state index >= 15 is 0 Å². The topological polar surface area (TPSA) is 132 Å². The Morgan fingerprint density at radius 2 is 1.75 bits per heavy atom. The number of fused-ring (bicyclic) bond motifs is 1. The van der Waals surface area contributed by atoms with Gasteiger partial charge in [0, 0.05) is 22.2 Å². The van der Waals surface area contributed by atoms with Gasteiger partial charge in [-0.25, -0.2) is 4.98 Å². The van der Waals surface area contributed by atoms with Crippen LogP contribution in [-0.2, 0) is 0 Å². The Morgan fingerprint density at radius 1 is 1.06 bits per heavy atom. The van der Waals surface area contributed by atoms with Crippen LogP contribution in [0.15, 0.2) is 71.9 Å². The van der Waals surface area contributed by atoms with E-state index in [1.807, 2.05) is 24.3 Å². The number of nitrogens with two attached hydrogens (primary N) is 1. The number of amides is 1. The summed E-state index contributed by atoms with van der Waals surface area (Å²) in [5, 5.41) is 11.7. The molecule has 4 rings (SSSR count). The van der Waals surface area contributed by atoms with E-state index in [1.165, 1.54) is 12.1 Å². The number of aromatic nitrogens is 2. The SMILES string of the molecule is NC(=O)c1ccc(C(Sc2nc3ccccc3[nH]2)C(=O)c2ccc(Cl)cc2)c([N+](=O)[O-])c1. The molecule has 3 aromatic carbocycles. The van der Waals surface area contributed by atoms with Crippen LogP contribution < -0.4 is 5.73 Å². The molecular weight excluding hydrogens is 452 g/mol. The van der Waals surface area contributed by atoms with E-state index < -0.39 is 16.1 Å². The van der Waals surface area contributed by atoms with E-state index in [2.05, 4.69) is 9.97 Å². The number of para-hydroxylation sites is 2. The number of imidazole rings is 1. The molecule has 0 aliphatic heterocycles. The lowest BCUT2D eigenvalue weighted by atomic mass is 9.99. The van der Waals surface area contributed by atoms with Crippen molar-refractivity contribution in [2.45, 2.75) is 10.4 Å². The standard InChI is InChI=1S/C22H15ClN4O4S/c23-14-8-5-12(6-9-14)19(28)20(32-22-25-16-3-1-2-4-17(16)26-22)15-10-7-13(21(24)29)11-18(15)27(30)31/h1-11,20H,(H2,24,29)(H,25,26). The summed E-state index contributed by atoms with van der Waals surface area (Å²) in [4.78, 5) is 43.7. The van der Waals surface area contributed by atoms with Crippen LogP contribution in [0.5, 0.6) is 0 Å². The zero-order valence-electron chi connectivity index (χ0n) is 16.3. The van der Waals surface area contributed by atoms with E-state index in [4.69, 9.17) is 17.3 Å². The minimum absolute atomic E-state index is 0.0214. The number of nitro benzene ring substituents is 1. The summed E-state index contributed by atoms with van der Waals surface area (Å²) in [6, 6.07) is 17.4. The summed E-state index contributed by atoms with van der Waals surface area (Å²) in [5.74, 6) is -1.17. The van der Waals surface area contributed by atoms with Gasteiger partial charge in [-0.15, -0.1) is 0 Å². The molecule has 8 nitrogen and oxygen atoms in total. The number of rotatable bonds is 7. The molecule has 0 bridgehead atoms. The average Bonchev–Trinajstić information content (AvgIpc) is 3.19. The number of nitrogens with zero attached hydrogens (tertiary/aromatic N) is 2. The number of thioether (sulfide) groups is 1. The third kappa shape index (κ3) is 4.34. The minimum Gasteiger partial charge on any atom is -0.366 e. The largest absolute Gasteiger partial charge is 0.366 e. The number of H-pyrrole nitrogens is 1. The normalized spacial score (nSPS) is 11.9. The van der Waals surface area contributed by atoms with Crippen LogP contribution >= 0.6 is 23.4 Å². The third-order valence-electron chi connectivity index (χ3n) is 4.76. The lowest BCUT2D eigenvalue weighted by molar-refractivity contribution is -0.385. The predicted octanol–water partition coefficient (Wildman–Crippen LogP) is 4.94. The van der Waals surface area contributed by atoms with Crippen molar-refractivity contribution in [2.24, 2.45) is 5.73 Å². The predicted molar refractivity (Wildman–Crippen MR) is 122 cm³/mol. The monoisotopic (exact) mass is 466 g/mol. The number of nitrogens with one attached hydrogen (secondary N) is 1. The number of carbonyl (C=O) groups excluding carboxylic acids is 2. The Balaban J connectivity index is 1.83. The van der Waals surface area contributed by atoms with Gasteiger partial charge in [0.15, 0.2) is 10.9 Å². The number of Topliss-reactive ketones (excluding diaryl/α,β-unsaturated/α-hetero) is 1. The van der Waals surface area contributed by atoms with Crippen molar-refractivity contribution >= 4 is 51.8 Å². The molecule has 1 aromatic heterocycles. The van der Waals surface area contributed by atoms with Gasteiger partial charge in [0.05, 0.1) is 21.5 Å². The average molecular weight is 467 g/mol. The number of primary amides is 1. The fourth-order valence-electron chi connectivity index (χ4n) is 3.20. The molecule has 32 heavy (non-hydrogen) atoms. The molecule has 0 aliphatic carbocycles. The third-order valence-corrected chi connectivity index (χ3v) is 6.13. The molecule has 0 saturated heterocycles. The van der Waals surface area contributed by atoms with Gasteiger partial charge < -0.3 is 10.7 Å². The number of benzene rings is 3. The van der Waals surface area contributed by atoms with Gasteiger partial charge in [0.1, 0.15) is 5.25 Å². The highest BCUT2D eigenvalue weighted by Gasteiger charge is 2.31. The first-order valence-corrected chi connectivity index (χ1v) is 10.6. The van der Waals surface area contributed by atoms with Gasteiger partial charge in [-0.1, -0.05) is 35.5 Å². The Morgan fingerprint density at radius 3 is 2.41 bits per heavy atom. The first kappa shape index (κ1) is 21.5. The number of hydrogen-bond acceptors (Lipinski definition) is 6. The van der Waals surface area contributed by atoms with Crippen molar-refractivity contribution in [3.05, 3.63) is 98.6 Å². The Hall–Kier alpha value is -3.69. The summed E-state index contributed by atoms with van der Waals surface area (Å²) >= 11 is 6.99. The van der Waals surface area contributed by atoms with E-state index in [1.54, 1.807) is 24.3 Å². The van der Waals surface area contributed by atoms with Crippen LogP contribution in [0, 0.1) is 10.1 Å². The first-order valence-electron chi connectivity index (χ1n) is 9.33. The molecule has 4 aromatic rings. The van der Waals surface area contributed by atoms with Crippen LogP contribution in [0.2, 0.25) is 5.02 Å². The van der Waals surface area contributed by atoms with Crippen molar-refractivity contribution in [3.8, 4) is 0 Å². The highest BCUT2D eigenvalue weighted by Crippen LogP contribution is 2.41. The maximum atomic E-state index is 13.4. The van der Waals surface area contributed by atoms with Gasteiger partial charge in [-0.05, 0) is 48.5 Å².